The van der Waals surface area contributed by atoms with Crippen LogP contribution >= 0.6 is 11.6 Å². The van der Waals surface area contributed by atoms with Gasteiger partial charge in [0.2, 0.25) is 11.8 Å². The molecule has 1 fully saturated rings. The van der Waals surface area contributed by atoms with Crippen LogP contribution in [0.5, 0.6) is 0 Å². The first kappa shape index (κ1) is 19.2. The molecule has 1 aliphatic rings. The molecule has 1 unspecified atom stereocenters. The third-order valence-electron chi connectivity index (χ3n) is 4.92. The summed E-state index contributed by atoms with van der Waals surface area (Å²) in [5, 5.41) is 3.49. The third-order valence-corrected chi connectivity index (χ3v) is 5.18. The van der Waals surface area contributed by atoms with Crippen LogP contribution in [-0.2, 0) is 9.59 Å². The van der Waals surface area contributed by atoms with E-state index >= 15 is 0 Å². The van der Waals surface area contributed by atoms with Gasteiger partial charge in [-0.25, -0.2) is 0 Å². The SMILES string of the molecule is CCN(CC)c1ccc(NC(=O)C2CCN(c3ccc(Cl)cc3)C2=O)cc1. The van der Waals surface area contributed by atoms with Gasteiger partial charge in [0, 0.05) is 41.7 Å². The molecule has 5 nitrogen and oxygen atoms in total. The minimum Gasteiger partial charge on any atom is -0.372 e. The van der Waals surface area contributed by atoms with Crippen molar-refractivity contribution < 1.29 is 9.59 Å². The Balaban J connectivity index is 1.64. The summed E-state index contributed by atoms with van der Waals surface area (Å²) in [6.07, 6.45) is 0.505. The number of hydrogen-bond acceptors (Lipinski definition) is 3. The molecule has 1 aliphatic heterocycles. The molecule has 0 radical (unpaired) electrons. The molecule has 1 atom stereocenters. The summed E-state index contributed by atoms with van der Waals surface area (Å²) in [6, 6.07) is 14.8. The van der Waals surface area contributed by atoms with Crippen molar-refractivity contribution in [1.29, 1.82) is 0 Å². The second-order valence-electron chi connectivity index (χ2n) is 6.52. The summed E-state index contributed by atoms with van der Waals surface area (Å²) in [6.45, 7) is 6.60. The number of anilines is 3. The topological polar surface area (TPSA) is 52.7 Å². The fourth-order valence-electron chi connectivity index (χ4n) is 3.37. The van der Waals surface area contributed by atoms with E-state index in [1.807, 2.05) is 24.3 Å². The number of rotatable bonds is 6. The van der Waals surface area contributed by atoms with Crippen LogP contribution < -0.4 is 15.1 Å². The molecule has 0 spiro atoms. The highest BCUT2D eigenvalue weighted by Gasteiger charge is 2.37. The number of nitrogens with one attached hydrogen (secondary N) is 1. The molecule has 6 heteroatoms. The predicted molar refractivity (Wildman–Crippen MR) is 111 cm³/mol. The monoisotopic (exact) mass is 385 g/mol. The van der Waals surface area contributed by atoms with Gasteiger partial charge in [-0.1, -0.05) is 11.6 Å². The van der Waals surface area contributed by atoms with Gasteiger partial charge >= 0.3 is 0 Å². The number of amides is 2. The lowest BCUT2D eigenvalue weighted by Crippen LogP contribution is -2.33. The van der Waals surface area contributed by atoms with Crippen LogP contribution in [0.3, 0.4) is 0 Å². The second-order valence-corrected chi connectivity index (χ2v) is 6.95. The van der Waals surface area contributed by atoms with Crippen molar-refractivity contribution in [3.8, 4) is 0 Å². The summed E-state index contributed by atoms with van der Waals surface area (Å²) >= 11 is 5.90. The molecule has 3 rings (SSSR count). The normalized spacial score (nSPS) is 16.5. The van der Waals surface area contributed by atoms with E-state index in [0.29, 0.717) is 23.7 Å². The minimum absolute atomic E-state index is 0.172. The Kier molecular flexibility index (Phi) is 6.01. The zero-order valence-electron chi connectivity index (χ0n) is 15.6. The van der Waals surface area contributed by atoms with Crippen molar-refractivity contribution in [3.63, 3.8) is 0 Å². The lowest BCUT2D eigenvalue weighted by Gasteiger charge is -2.21. The standard InChI is InChI=1S/C21H24ClN3O2/c1-3-24(4-2)17-11-7-16(8-12-17)23-20(26)19-13-14-25(21(19)27)18-9-5-15(22)6-10-18/h5-12,19H,3-4,13-14H2,1-2H3,(H,23,26). The Labute approximate surface area is 164 Å². The molecule has 0 bridgehead atoms. The van der Waals surface area contributed by atoms with Gasteiger partial charge in [0.05, 0.1) is 0 Å². The summed E-state index contributed by atoms with van der Waals surface area (Å²) in [5.74, 6) is -1.09. The average molecular weight is 386 g/mol. The number of carbonyl (C=O) groups excluding carboxylic acids is 2. The molecule has 142 valence electrons. The van der Waals surface area contributed by atoms with Gasteiger partial charge in [-0.05, 0) is 68.8 Å². The third kappa shape index (κ3) is 4.25. The first-order valence-corrected chi connectivity index (χ1v) is 9.64. The van der Waals surface area contributed by atoms with Gasteiger partial charge in [0.15, 0.2) is 0 Å². The molecule has 0 saturated carbocycles. The highest BCUT2D eigenvalue weighted by molar-refractivity contribution is 6.30. The molecule has 0 aromatic heterocycles. The van der Waals surface area contributed by atoms with Crippen molar-refractivity contribution in [3.05, 3.63) is 53.6 Å². The van der Waals surface area contributed by atoms with Crippen LogP contribution in [0.25, 0.3) is 0 Å². The minimum atomic E-state index is -0.664. The van der Waals surface area contributed by atoms with Gasteiger partial charge in [-0.15, -0.1) is 0 Å². The highest BCUT2D eigenvalue weighted by atomic mass is 35.5. The molecule has 2 aromatic carbocycles. The van der Waals surface area contributed by atoms with Crippen LogP contribution in [0.4, 0.5) is 17.1 Å². The van der Waals surface area contributed by atoms with Gasteiger partial charge in [0.1, 0.15) is 5.92 Å². The molecule has 0 aliphatic carbocycles. The maximum atomic E-state index is 12.7. The maximum Gasteiger partial charge on any atom is 0.239 e. The molecule has 27 heavy (non-hydrogen) atoms. The van der Waals surface area contributed by atoms with Crippen molar-refractivity contribution in [2.75, 3.05) is 34.8 Å². The molecule has 1 saturated heterocycles. The Morgan fingerprint density at radius 1 is 1.11 bits per heavy atom. The first-order chi connectivity index (χ1) is 13.0. The summed E-state index contributed by atoms with van der Waals surface area (Å²) in [5.41, 5.74) is 2.58. The van der Waals surface area contributed by atoms with E-state index in [1.54, 1.807) is 29.2 Å². The fourth-order valence-corrected chi connectivity index (χ4v) is 3.50. The first-order valence-electron chi connectivity index (χ1n) is 9.26. The molecular formula is C21H24ClN3O2. The quantitative estimate of drug-likeness (QED) is 0.759. The molecule has 1 heterocycles. The van der Waals surface area contributed by atoms with Gasteiger partial charge in [-0.2, -0.15) is 0 Å². The van der Waals surface area contributed by atoms with Crippen LogP contribution in [0.1, 0.15) is 20.3 Å². The van der Waals surface area contributed by atoms with Crippen LogP contribution in [0, 0.1) is 5.92 Å². The molecule has 1 N–H and O–H groups in total. The molecule has 2 aromatic rings. The number of halogens is 1. The van der Waals surface area contributed by atoms with E-state index < -0.39 is 5.92 Å². The van der Waals surface area contributed by atoms with Crippen molar-refractivity contribution >= 4 is 40.5 Å². The Bertz CT molecular complexity index is 801. The van der Waals surface area contributed by atoms with E-state index in [9.17, 15) is 9.59 Å². The van der Waals surface area contributed by atoms with E-state index in [0.717, 1.165) is 24.5 Å². The zero-order valence-corrected chi connectivity index (χ0v) is 16.4. The molecule has 2 amide bonds. The summed E-state index contributed by atoms with van der Waals surface area (Å²) in [7, 11) is 0. The fraction of sp³-hybridized carbons (Fsp3) is 0.333. The van der Waals surface area contributed by atoms with Crippen molar-refractivity contribution in [2.45, 2.75) is 20.3 Å². The number of benzene rings is 2. The summed E-state index contributed by atoms with van der Waals surface area (Å²) < 4.78 is 0. The predicted octanol–water partition coefficient (Wildman–Crippen LogP) is 4.18. The van der Waals surface area contributed by atoms with Crippen molar-refractivity contribution in [2.24, 2.45) is 5.92 Å². The van der Waals surface area contributed by atoms with E-state index in [4.69, 9.17) is 11.6 Å². The van der Waals surface area contributed by atoms with Crippen LogP contribution in [0.15, 0.2) is 48.5 Å². The van der Waals surface area contributed by atoms with E-state index in [-0.39, 0.29) is 11.8 Å². The van der Waals surface area contributed by atoms with Crippen molar-refractivity contribution in [1.82, 2.24) is 0 Å². The Morgan fingerprint density at radius 2 is 1.74 bits per heavy atom. The Hall–Kier alpha value is -2.53. The number of hydrogen-bond donors (Lipinski definition) is 1. The maximum absolute atomic E-state index is 12.7. The van der Waals surface area contributed by atoms with Crippen LogP contribution in [0.2, 0.25) is 5.02 Å². The summed E-state index contributed by atoms with van der Waals surface area (Å²) in [4.78, 5) is 29.1. The lowest BCUT2D eigenvalue weighted by atomic mass is 10.1. The largest absolute Gasteiger partial charge is 0.372 e. The number of carbonyl (C=O) groups is 2. The second kappa shape index (κ2) is 8.44. The van der Waals surface area contributed by atoms with Gasteiger partial charge in [-0.3, -0.25) is 9.59 Å². The average Bonchev–Trinajstić information content (AvgIpc) is 3.06. The van der Waals surface area contributed by atoms with E-state index in [2.05, 4.69) is 24.1 Å². The van der Waals surface area contributed by atoms with Gasteiger partial charge in [0.25, 0.3) is 0 Å². The highest BCUT2D eigenvalue weighted by Crippen LogP contribution is 2.27. The smallest absolute Gasteiger partial charge is 0.239 e. The Morgan fingerprint density at radius 3 is 2.33 bits per heavy atom. The van der Waals surface area contributed by atoms with Crippen LogP contribution in [-0.4, -0.2) is 31.4 Å². The number of nitrogens with zero attached hydrogens (tertiary/aromatic N) is 2. The van der Waals surface area contributed by atoms with E-state index in [1.165, 1.54) is 0 Å². The molecular weight excluding hydrogens is 362 g/mol. The van der Waals surface area contributed by atoms with Gasteiger partial charge < -0.3 is 15.1 Å². The zero-order chi connectivity index (χ0) is 19.4. The lowest BCUT2D eigenvalue weighted by molar-refractivity contribution is -0.129.